The average Bonchev–Trinajstić information content (AvgIpc) is 3.41. The molecule has 1 N–H and O–H groups in total. The maximum atomic E-state index is 12.3. The van der Waals surface area contributed by atoms with Crippen LogP contribution in [0.2, 0.25) is 0 Å². The van der Waals surface area contributed by atoms with Crippen molar-refractivity contribution in [1.29, 1.82) is 5.26 Å². The number of aromatic nitrogens is 2. The van der Waals surface area contributed by atoms with E-state index in [1.54, 1.807) is 18.2 Å². The second kappa shape index (κ2) is 9.33. The molecule has 1 atom stereocenters. The highest BCUT2D eigenvalue weighted by atomic mass is 32.2. The monoisotopic (exact) mass is 466 g/mol. The quantitative estimate of drug-likeness (QED) is 0.523. The highest BCUT2D eigenvalue weighted by Gasteiger charge is 2.29. The van der Waals surface area contributed by atoms with Crippen LogP contribution in [0.5, 0.6) is 5.75 Å². The first-order valence-electron chi connectivity index (χ1n) is 11.0. The highest BCUT2D eigenvalue weighted by Crippen LogP contribution is 2.38. The van der Waals surface area contributed by atoms with Gasteiger partial charge in [-0.2, -0.15) is 10.2 Å². The van der Waals surface area contributed by atoms with Crippen molar-refractivity contribution in [2.75, 3.05) is 5.75 Å². The fourth-order valence-electron chi connectivity index (χ4n) is 4.09. The molecule has 0 amide bonds. The van der Waals surface area contributed by atoms with Crippen molar-refractivity contribution in [1.82, 2.24) is 14.9 Å². The number of hydrogen-bond acceptors (Lipinski definition) is 7. The SMILES string of the molecule is CCCS(=O)(=O)N[C@@H]1CCc2c(-c3noc(-c4ccc(OC(C)C)c(C#N)c4)n3)cccc21. The van der Waals surface area contributed by atoms with Crippen molar-refractivity contribution in [3.63, 3.8) is 0 Å². The molecule has 172 valence electrons. The molecule has 9 heteroatoms. The Morgan fingerprint density at radius 1 is 1.30 bits per heavy atom. The number of nitrogens with one attached hydrogen (secondary N) is 1. The molecule has 3 aromatic rings. The van der Waals surface area contributed by atoms with Crippen LogP contribution in [0, 0.1) is 11.3 Å². The van der Waals surface area contributed by atoms with E-state index in [0.29, 0.717) is 47.9 Å². The Labute approximate surface area is 193 Å². The predicted octanol–water partition coefficient (Wildman–Crippen LogP) is 4.38. The first-order valence-corrected chi connectivity index (χ1v) is 12.6. The van der Waals surface area contributed by atoms with Gasteiger partial charge >= 0.3 is 0 Å². The van der Waals surface area contributed by atoms with Gasteiger partial charge in [0.1, 0.15) is 11.8 Å². The zero-order chi connectivity index (χ0) is 23.6. The predicted molar refractivity (Wildman–Crippen MR) is 124 cm³/mol. The van der Waals surface area contributed by atoms with Gasteiger partial charge in [-0.05, 0) is 62.4 Å². The summed E-state index contributed by atoms with van der Waals surface area (Å²) in [5.41, 5.74) is 3.80. The molecule has 2 aromatic carbocycles. The van der Waals surface area contributed by atoms with Crippen LogP contribution in [0.25, 0.3) is 22.8 Å². The molecule has 4 rings (SSSR count). The lowest BCUT2D eigenvalue weighted by molar-refractivity contribution is 0.241. The summed E-state index contributed by atoms with van der Waals surface area (Å²) in [7, 11) is -3.32. The van der Waals surface area contributed by atoms with Crippen LogP contribution in [0.3, 0.4) is 0 Å². The van der Waals surface area contributed by atoms with Crippen molar-refractivity contribution >= 4 is 10.0 Å². The van der Waals surface area contributed by atoms with Crippen LogP contribution in [0.1, 0.15) is 56.3 Å². The summed E-state index contributed by atoms with van der Waals surface area (Å²) in [6, 6.07) is 12.8. The second-order valence-electron chi connectivity index (χ2n) is 8.31. The molecule has 0 fully saturated rings. The van der Waals surface area contributed by atoms with Gasteiger partial charge in [-0.25, -0.2) is 13.1 Å². The number of nitriles is 1. The zero-order valence-electron chi connectivity index (χ0n) is 18.8. The molecule has 8 nitrogen and oxygen atoms in total. The molecule has 0 radical (unpaired) electrons. The minimum absolute atomic E-state index is 0.0478. The minimum atomic E-state index is -3.32. The van der Waals surface area contributed by atoms with E-state index in [0.717, 1.165) is 16.7 Å². The minimum Gasteiger partial charge on any atom is -0.490 e. The van der Waals surface area contributed by atoms with E-state index in [1.165, 1.54) is 0 Å². The van der Waals surface area contributed by atoms with Gasteiger partial charge in [-0.1, -0.05) is 30.3 Å². The molecule has 1 aliphatic carbocycles. The number of rotatable bonds is 8. The third-order valence-corrected chi connectivity index (χ3v) is 7.03. The van der Waals surface area contributed by atoms with E-state index in [2.05, 4.69) is 20.9 Å². The first-order chi connectivity index (χ1) is 15.8. The van der Waals surface area contributed by atoms with Crippen LogP contribution in [-0.2, 0) is 16.4 Å². The Kier molecular flexibility index (Phi) is 6.49. The fourth-order valence-corrected chi connectivity index (χ4v) is 5.42. The van der Waals surface area contributed by atoms with E-state index in [-0.39, 0.29) is 17.9 Å². The van der Waals surface area contributed by atoms with Crippen LogP contribution in [0.15, 0.2) is 40.9 Å². The van der Waals surface area contributed by atoms with Crippen LogP contribution >= 0.6 is 0 Å². The Bertz CT molecular complexity index is 1310. The first kappa shape index (κ1) is 23.0. The van der Waals surface area contributed by atoms with Crippen molar-refractivity contribution in [2.24, 2.45) is 0 Å². The lowest BCUT2D eigenvalue weighted by Crippen LogP contribution is -2.29. The van der Waals surface area contributed by atoms with Crippen molar-refractivity contribution in [3.05, 3.63) is 53.1 Å². The van der Waals surface area contributed by atoms with E-state index in [9.17, 15) is 13.7 Å². The molecular formula is C24H26N4O4S. The van der Waals surface area contributed by atoms with E-state index in [4.69, 9.17) is 9.26 Å². The van der Waals surface area contributed by atoms with Gasteiger partial charge in [0.15, 0.2) is 0 Å². The molecule has 1 aromatic heterocycles. The number of sulfonamides is 1. The molecule has 0 saturated heterocycles. The van der Waals surface area contributed by atoms with Gasteiger partial charge in [-0.15, -0.1) is 0 Å². The Morgan fingerprint density at radius 2 is 2.12 bits per heavy atom. The molecule has 0 spiro atoms. The van der Waals surface area contributed by atoms with Gasteiger partial charge in [-0.3, -0.25) is 0 Å². The van der Waals surface area contributed by atoms with Gasteiger partial charge in [0.2, 0.25) is 15.8 Å². The van der Waals surface area contributed by atoms with Gasteiger partial charge in [0.25, 0.3) is 5.89 Å². The largest absolute Gasteiger partial charge is 0.490 e. The lowest BCUT2D eigenvalue weighted by atomic mass is 10.0. The Morgan fingerprint density at radius 3 is 2.85 bits per heavy atom. The number of hydrogen-bond donors (Lipinski definition) is 1. The van der Waals surface area contributed by atoms with Crippen LogP contribution < -0.4 is 9.46 Å². The average molecular weight is 467 g/mol. The highest BCUT2D eigenvalue weighted by molar-refractivity contribution is 7.89. The van der Waals surface area contributed by atoms with E-state index < -0.39 is 10.0 Å². The van der Waals surface area contributed by atoms with Gasteiger partial charge < -0.3 is 9.26 Å². The van der Waals surface area contributed by atoms with Crippen molar-refractivity contribution in [3.8, 4) is 34.7 Å². The molecule has 0 bridgehead atoms. The topological polar surface area (TPSA) is 118 Å². The summed E-state index contributed by atoms with van der Waals surface area (Å²) < 4.78 is 38.5. The number of ether oxygens (including phenoxy) is 1. The lowest BCUT2D eigenvalue weighted by Gasteiger charge is -2.14. The maximum absolute atomic E-state index is 12.3. The van der Waals surface area contributed by atoms with Gasteiger partial charge in [0, 0.05) is 17.2 Å². The van der Waals surface area contributed by atoms with Crippen LogP contribution in [0.4, 0.5) is 0 Å². The number of nitrogens with zero attached hydrogens (tertiary/aromatic N) is 3. The van der Waals surface area contributed by atoms with E-state index in [1.807, 2.05) is 39.0 Å². The van der Waals surface area contributed by atoms with Crippen molar-refractivity contribution < 1.29 is 17.7 Å². The standard InChI is InChI=1S/C24H26N4O4S/c1-4-12-33(29,30)28-21-10-9-18-19(21)6-5-7-20(18)23-26-24(32-27-23)16-8-11-22(31-15(2)3)17(13-16)14-25/h5-8,11,13,15,21,28H,4,9-10,12H2,1-3H3/t21-/m1/s1. The second-order valence-corrected chi connectivity index (χ2v) is 10.2. The third kappa shape index (κ3) is 4.92. The van der Waals surface area contributed by atoms with E-state index >= 15 is 0 Å². The molecule has 33 heavy (non-hydrogen) atoms. The molecule has 0 saturated carbocycles. The molecule has 0 unspecified atom stereocenters. The summed E-state index contributed by atoms with van der Waals surface area (Å²) in [5.74, 6) is 1.35. The fraction of sp³-hybridized carbons (Fsp3) is 0.375. The Balaban J connectivity index is 1.63. The summed E-state index contributed by atoms with van der Waals surface area (Å²) >= 11 is 0. The summed E-state index contributed by atoms with van der Waals surface area (Å²) in [5, 5.41) is 13.6. The van der Waals surface area contributed by atoms with Gasteiger partial charge in [0.05, 0.1) is 17.4 Å². The molecule has 1 heterocycles. The molecular weight excluding hydrogens is 440 g/mol. The number of fused-ring (bicyclic) bond motifs is 1. The summed E-state index contributed by atoms with van der Waals surface area (Å²) in [6.07, 6.45) is 1.92. The molecule has 0 aliphatic heterocycles. The van der Waals surface area contributed by atoms with Crippen molar-refractivity contribution in [2.45, 2.75) is 52.2 Å². The summed E-state index contributed by atoms with van der Waals surface area (Å²) in [6.45, 7) is 5.64. The smallest absolute Gasteiger partial charge is 0.258 e. The zero-order valence-corrected chi connectivity index (χ0v) is 19.6. The van der Waals surface area contributed by atoms with Crippen LogP contribution in [-0.4, -0.2) is 30.4 Å². The normalized spacial score (nSPS) is 15.4. The summed E-state index contributed by atoms with van der Waals surface area (Å²) in [4.78, 5) is 4.56. The maximum Gasteiger partial charge on any atom is 0.258 e. The molecule has 1 aliphatic rings. The Hall–Kier alpha value is -3.22. The number of benzene rings is 2. The third-order valence-electron chi connectivity index (χ3n) is 5.44.